The van der Waals surface area contributed by atoms with Crippen LogP contribution in [-0.4, -0.2) is 19.2 Å². The summed E-state index contributed by atoms with van der Waals surface area (Å²) in [4.78, 5) is 21.2. The van der Waals surface area contributed by atoms with E-state index in [-0.39, 0.29) is 5.69 Å². The minimum Gasteiger partial charge on any atom is -0.323 e. The molecule has 0 bridgehead atoms. The number of benzene rings is 2. The van der Waals surface area contributed by atoms with Crippen molar-refractivity contribution in [2.24, 2.45) is 0 Å². The molecule has 2 aromatic carbocycles. The Labute approximate surface area is 136 Å². The molecule has 1 N–H and O–H groups in total. The lowest BCUT2D eigenvalue weighted by Gasteiger charge is -2.02. The lowest BCUT2D eigenvalue weighted by Crippen LogP contribution is -2.07. The molecule has 0 aliphatic rings. The SMILES string of the molecule is O=C(/C=C\c1ccc([N+](=O)[O-])cc1)Nc1ccc(S(=O)(=O)F)cc1. The van der Waals surface area contributed by atoms with Crippen LogP contribution in [0.25, 0.3) is 6.08 Å². The second-order valence-electron chi connectivity index (χ2n) is 4.63. The average Bonchev–Trinajstić information content (AvgIpc) is 2.53. The molecule has 7 nitrogen and oxygen atoms in total. The van der Waals surface area contributed by atoms with Crippen LogP contribution in [0.4, 0.5) is 15.3 Å². The van der Waals surface area contributed by atoms with Gasteiger partial charge in [0.05, 0.1) is 9.82 Å². The zero-order chi connectivity index (χ0) is 17.7. The number of nitrogens with zero attached hydrogens (tertiary/aromatic N) is 1. The number of anilines is 1. The Hall–Kier alpha value is -3.07. The van der Waals surface area contributed by atoms with E-state index in [1.165, 1.54) is 48.6 Å². The molecular formula is C15H11FN2O5S. The van der Waals surface area contributed by atoms with Crippen LogP contribution >= 0.6 is 0 Å². The average molecular weight is 350 g/mol. The zero-order valence-electron chi connectivity index (χ0n) is 12.0. The van der Waals surface area contributed by atoms with Gasteiger partial charge in [0.2, 0.25) is 5.91 Å². The summed E-state index contributed by atoms with van der Waals surface area (Å²) in [5.41, 5.74) is 0.829. The molecule has 0 aliphatic carbocycles. The molecule has 0 unspecified atom stereocenters. The summed E-state index contributed by atoms with van der Waals surface area (Å²) >= 11 is 0. The number of nitrogens with one attached hydrogen (secondary N) is 1. The van der Waals surface area contributed by atoms with E-state index >= 15 is 0 Å². The lowest BCUT2D eigenvalue weighted by molar-refractivity contribution is -0.384. The summed E-state index contributed by atoms with van der Waals surface area (Å²) in [6.45, 7) is 0. The third kappa shape index (κ3) is 4.71. The normalized spacial score (nSPS) is 11.4. The molecule has 0 spiro atoms. The van der Waals surface area contributed by atoms with Crippen LogP contribution in [0.2, 0.25) is 0 Å². The van der Waals surface area contributed by atoms with Gasteiger partial charge in [-0.2, -0.15) is 8.42 Å². The predicted molar refractivity (Wildman–Crippen MR) is 85.5 cm³/mol. The second kappa shape index (κ2) is 7.01. The smallest absolute Gasteiger partial charge is 0.323 e. The summed E-state index contributed by atoms with van der Waals surface area (Å²) in [5, 5.41) is 13.0. The van der Waals surface area contributed by atoms with Gasteiger partial charge in [-0.1, -0.05) is 0 Å². The first-order valence-corrected chi connectivity index (χ1v) is 7.92. The van der Waals surface area contributed by atoms with Gasteiger partial charge in [-0.3, -0.25) is 14.9 Å². The molecule has 124 valence electrons. The number of non-ortho nitro benzene ring substituents is 1. The van der Waals surface area contributed by atoms with Gasteiger partial charge in [0.25, 0.3) is 5.69 Å². The van der Waals surface area contributed by atoms with Crippen LogP contribution in [0.5, 0.6) is 0 Å². The molecule has 2 rings (SSSR count). The summed E-state index contributed by atoms with van der Waals surface area (Å²) in [5.74, 6) is -0.496. The van der Waals surface area contributed by atoms with Crippen LogP contribution in [0.3, 0.4) is 0 Å². The van der Waals surface area contributed by atoms with E-state index in [9.17, 15) is 27.2 Å². The minimum absolute atomic E-state index is 0.0560. The monoisotopic (exact) mass is 350 g/mol. The Morgan fingerprint density at radius 3 is 2.17 bits per heavy atom. The molecule has 0 fully saturated rings. The van der Waals surface area contributed by atoms with Crippen molar-refractivity contribution in [3.63, 3.8) is 0 Å². The van der Waals surface area contributed by atoms with E-state index in [0.717, 1.165) is 12.1 Å². The Morgan fingerprint density at radius 2 is 1.67 bits per heavy atom. The van der Waals surface area contributed by atoms with Gasteiger partial charge in [-0.05, 0) is 48.0 Å². The van der Waals surface area contributed by atoms with Gasteiger partial charge in [0, 0.05) is 23.9 Å². The maximum absolute atomic E-state index is 12.7. The first kappa shape index (κ1) is 17.3. The Balaban J connectivity index is 2.01. The first-order valence-electron chi connectivity index (χ1n) is 6.54. The molecule has 0 saturated carbocycles. The fraction of sp³-hybridized carbons (Fsp3) is 0. The van der Waals surface area contributed by atoms with Crippen molar-refractivity contribution in [1.82, 2.24) is 0 Å². The molecule has 2 aromatic rings. The third-order valence-electron chi connectivity index (χ3n) is 2.93. The van der Waals surface area contributed by atoms with Gasteiger partial charge in [-0.25, -0.2) is 0 Å². The fourth-order valence-electron chi connectivity index (χ4n) is 1.76. The molecule has 0 heterocycles. The lowest BCUT2D eigenvalue weighted by atomic mass is 10.2. The van der Waals surface area contributed by atoms with Gasteiger partial charge in [-0.15, -0.1) is 3.89 Å². The van der Waals surface area contributed by atoms with Crippen molar-refractivity contribution in [3.8, 4) is 0 Å². The summed E-state index contributed by atoms with van der Waals surface area (Å²) in [6.07, 6.45) is 2.67. The minimum atomic E-state index is -4.78. The van der Waals surface area contributed by atoms with E-state index in [4.69, 9.17) is 0 Å². The van der Waals surface area contributed by atoms with Crippen molar-refractivity contribution < 1.29 is 22.0 Å². The molecule has 1 amide bonds. The van der Waals surface area contributed by atoms with E-state index in [0.29, 0.717) is 11.3 Å². The summed E-state index contributed by atoms with van der Waals surface area (Å²) in [7, 11) is -4.78. The molecule has 0 atom stereocenters. The van der Waals surface area contributed by atoms with Gasteiger partial charge >= 0.3 is 10.2 Å². The van der Waals surface area contributed by atoms with Crippen molar-refractivity contribution in [2.45, 2.75) is 4.90 Å². The standard InChI is InChI=1S/C15H11FN2O5S/c16-24(22,23)14-8-4-12(5-9-14)17-15(19)10-3-11-1-6-13(7-2-11)18(20)21/h1-10H,(H,17,19)/b10-3-. The van der Waals surface area contributed by atoms with Crippen molar-refractivity contribution >= 4 is 33.6 Å². The Morgan fingerprint density at radius 1 is 1.08 bits per heavy atom. The maximum atomic E-state index is 12.7. The Bertz CT molecular complexity index is 890. The maximum Gasteiger partial charge on any atom is 0.332 e. The number of nitro groups is 1. The van der Waals surface area contributed by atoms with Crippen LogP contribution in [0.1, 0.15) is 5.56 Å². The van der Waals surface area contributed by atoms with Gasteiger partial charge in [0.15, 0.2) is 0 Å². The number of amides is 1. The predicted octanol–water partition coefficient (Wildman–Crippen LogP) is 2.90. The third-order valence-corrected chi connectivity index (χ3v) is 3.77. The topological polar surface area (TPSA) is 106 Å². The molecule has 0 saturated heterocycles. The van der Waals surface area contributed by atoms with E-state index in [1.54, 1.807) is 0 Å². The number of hydrogen-bond acceptors (Lipinski definition) is 5. The second-order valence-corrected chi connectivity index (χ2v) is 5.98. The number of carbonyl (C=O) groups is 1. The van der Waals surface area contributed by atoms with E-state index < -0.39 is 25.9 Å². The highest BCUT2D eigenvalue weighted by atomic mass is 32.3. The van der Waals surface area contributed by atoms with Crippen LogP contribution in [-0.2, 0) is 15.0 Å². The zero-order valence-corrected chi connectivity index (χ0v) is 12.9. The van der Waals surface area contributed by atoms with E-state index in [1.807, 2.05) is 0 Å². The first-order chi connectivity index (χ1) is 11.3. The number of rotatable bonds is 5. The molecule has 0 aromatic heterocycles. The molecule has 24 heavy (non-hydrogen) atoms. The van der Waals surface area contributed by atoms with Gasteiger partial charge in [0.1, 0.15) is 0 Å². The quantitative estimate of drug-likeness (QED) is 0.386. The van der Waals surface area contributed by atoms with Crippen molar-refractivity contribution in [2.75, 3.05) is 5.32 Å². The van der Waals surface area contributed by atoms with Crippen LogP contribution in [0, 0.1) is 10.1 Å². The molecular weight excluding hydrogens is 339 g/mol. The number of hydrogen-bond donors (Lipinski definition) is 1. The molecule has 9 heteroatoms. The number of halogens is 1. The summed E-state index contributed by atoms with van der Waals surface area (Å²) in [6, 6.07) is 10.2. The van der Waals surface area contributed by atoms with Gasteiger partial charge < -0.3 is 5.32 Å². The van der Waals surface area contributed by atoms with Crippen molar-refractivity contribution in [1.29, 1.82) is 0 Å². The summed E-state index contributed by atoms with van der Waals surface area (Å²) < 4.78 is 34.1. The number of carbonyl (C=O) groups excluding carboxylic acids is 1. The fourth-order valence-corrected chi connectivity index (χ4v) is 2.22. The highest BCUT2D eigenvalue weighted by molar-refractivity contribution is 7.86. The number of nitro benzene ring substituents is 1. The van der Waals surface area contributed by atoms with E-state index in [2.05, 4.69) is 5.32 Å². The van der Waals surface area contributed by atoms with Crippen LogP contribution < -0.4 is 5.32 Å². The highest BCUT2D eigenvalue weighted by Crippen LogP contribution is 2.16. The van der Waals surface area contributed by atoms with Crippen LogP contribution in [0.15, 0.2) is 59.5 Å². The largest absolute Gasteiger partial charge is 0.332 e. The Kier molecular flexibility index (Phi) is 5.05. The highest BCUT2D eigenvalue weighted by Gasteiger charge is 2.11. The van der Waals surface area contributed by atoms with Crippen molar-refractivity contribution in [3.05, 3.63) is 70.3 Å². The molecule has 0 radical (unpaired) electrons. The molecule has 0 aliphatic heterocycles.